The van der Waals surface area contributed by atoms with Crippen molar-refractivity contribution < 1.29 is 21.9 Å². The van der Waals surface area contributed by atoms with Crippen molar-refractivity contribution in [2.45, 2.75) is 24.3 Å². The van der Waals surface area contributed by atoms with Crippen molar-refractivity contribution >= 4 is 15.7 Å². The number of hydrogen-bond donors (Lipinski definition) is 1. The van der Waals surface area contributed by atoms with Crippen LogP contribution in [0.25, 0.3) is 0 Å². The van der Waals surface area contributed by atoms with Crippen LogP contribution < -0.4 is 5.73 Å². The second-order valence-corrected chi connectivity index (χ2v) is 6.38. The van der Waals surface area contributed by atoms with Crippen molar-refractivity contribution in [2.24, 2.45) is 0 Å². The van der Waals surface area contributed by atoms with Gasteiger partial charge in [0.15, 0.2) is 5.82 Å². The average molecular weight is 306 g/mol. The lowest BCUT2D eigenvalue weighted by molar-refractivity contribution is 0.0313. The van der Waals surface area contributed by atoms with Crippen LogP contribution in [0.3, 0.4) is 0 Å². The molecule has 1 aliphatic heterocycles. The van der Waals surface area contributed by atoms with Crippen LogP contribution in [-0.2, 0) is 14.8 Å². The third kappa shape index (κ3) is 2.50. The number of ether oxygens (including phenoxy) is 1. The highest BCUT2D eigenvalue weighted by Gasteiger charge is 2.35. The number of rotatable bonds is 3. The Balaban J connectivity index is 2.47. The smallest absolute Gasteiger partial charge is 0.246 e. The van der Waals surface area contributed by atoms with Crippen LogP contribution in [0.5, 0.6) is 0 Å². The van der Waals surface area contributed by atoms with Gasteiger partial charge in [0.1, 0.15) is 16.4 Å². The Bertz CT molecular complexity index is 607. The molecule has 1 unspecified atom stereocenters. The van der Waals surface area contributed by atoms with E-state index in [1.54, 1.807) is 0 Å². The maximum Gasteiger partial charge on any atom is 0.246 e. The van der Waals surface area contributed by atoms with E-state index in [2.05, 4.69) is 0 Å². The average Bonchev–Trinajstić information content (AvgIpc) is 2.44. The quantitative estimate of drug-likeness (QED) is 0.856. The van der Waals surface area contributed by atoms with Crippen LogP contribution in [0.4, 0.5) is 14.5 Å². The lowest BCUT2D eigenvalue weighted by atomic mass is 10.2. The number of benzene rings is 1. The molecule has 1 fully saturated rings. The van der Waals surface area contributed by atoms with E-state index in [4.69, 9.17) is 10.5 Å². The van der Waals surface area contributed by atoms with E-state index >= 15 is 0 Å². The molecule has 0 bridgehead atoms. The standard InChI is InChI=1S/C12H16F2N2O3S/c1-2-8-7-19-6-5-16(8)20(17,18)10-4-3-9(13)12(15)11(10)14/h3-4,8H,2,5-7,15H2,1H3. The molecule has 1 saturated heterocycles. The molecule has 8 heteroatoms. The molecule has 1 heterocycles. The van der Waals surface area contributed by atoms with Gasteiger partial charge >= 0.3 is 0 Å². The molecule has 0 aromatic heterocycles. The van der Waals surface area contributed by atoms with Crippen molar-refractivity contribution in [3.8, 4) is 0 Å². The number of nitrogens with zero attached hydrogens (tertiary/aromatic N) is 1. The molecule has 20 heavy (non-hydrogen) atoms. The first kappa shape index (κ1) is 15.1. The molecule has 2 rings (SSSR count). The molecule has 0 spiro atoms. The van der Waals surface area contributed by atoms with Gasteiger partial charge in [-0.25, -0.2) is 17.2 Å². The molecule has 2 N–H and O–H groups in total. The fourth-order valence-electron chi connectivity index (χ4n) is 2.15. The Kier molecular flexibility index (Phi) is 4.26. The summed E-state index contributed by atoms with van der Waals surface area (Å²) in [4.78, 5) is -0.600. The number of morpholine rings is 1. The minimum absolute atomic E-state index is 0.136. The molecule has 1 aromatic carbocycles. The van der Waals surface area contributed by atoms with Gasteiger partial charge in [0.25, 0.3) is 0 Å². The van der Waals surface area contributed by atoms with E-state index < -0.39 is 32.2 Å². The zero-order valence-electron chi connectivity index (χ0n) is 11.0. The summed E-state index contributed by atoms with van der Waals surface area (Å²) in [5.74, 6) is -2.22. The number of sulfonamides is 1. The van der Waals surface area contributed by atoms with Gasteiger partial charge in [-0.2, -0.15) is 4.31 Å². The summed E-state index contributed by atoms with van der Waals surface area (Å²) in [6.07, 6.45) is 0.539. The summed E-state index contributed by atoms with van der Waals surface area (Å²) in [5.41, 5.74) is 4.43. The van der Waals surface area contributed by atoms with Crippen molar-refractivity contribution in [3.05, 3.63) is 23.8 Å². The summed E-state index contributed by atoms with van der Waals surface area (Å²) >= 11 is 0. The second kappa shape index (κ2) is 5.63. The fourth-order valence-corrected chi connectivity index (χ4v) is 3.90. The van der Waals surface area contributed by atoms with Crippen LogP contribution in [0, 0.1) is 11.6 Å². The van der Waals surface area contributed by atoms with Gasteiger partial charge in [-0.05, 0) is 18.6 Å². The number of nitrogens with two attached hydrogens (primary N) is 1. The highest BCUT2D eigenvalue weighted by molar-refractivity contribution is 7.89. The summed E-state index contributed by atoms with van der Waals surface area (Å²) in [6, 6.07) is 1.39. The largest absolute Gasteiger partial charge is 0.394 e. The van der Waals surface area contributed by atoms with Crippen LogP contribution in [0.1, 0.15) is 13.3 Å². The third-order valence-electron chi connectivity index (χ3n) is 3.32. The second-order valence-electron chi connectivity index (χ2n) is 4.53. The first-order valence-corrected chi connectivity index (χ1v) is 7.66. The summed E-state index contributed by atoms with van der Waals surface area (Å²) in [7, 11) is -4.06. The van der Waals surface area contributed by atoms with E-state index in [1.807, 2.05) is 6.92 Å². The molecule has 1 atom stereocenters. The lowest BCUT2D eigenvalue weighted by Crippen LogP contribution is -2.48. The van der Waals surface area contributed by atoms with E-state index in [9.17, 15) is 17.2 Å². The minimum Gasteiger partial charge on any atom is -0.394 e. The molecule has 1 aromatic rings. The third-order valence-corrected chi connectivity index (χ3v) is 5.29. The molecule has 0 aliphatic carbocycles. The minimum atomic E-state index is -4.06. The zero-order chi connectivity index (χ0) is 14.9. The molecule has 0 saturated carbocycles. The van der Waals surface area contributed by atoms with Gasteiger partial charge < -0.3 is 10.5 Å². The molecular weight excluding hydrogens is 290 g/mol. The monoisotopic (exact) mass is 306 g/mol. The number of nitrogen functional groups attached to an aromatic ring is 1. The molecule has 5 nitrogen and oxygen atoms in total. The molecule has 0 amide bonds. The Labute approximate surface area is 116 Å². The van der Waals surface area contributed by atoms with Crippen LogP contribution >= 0.6 is 0 Å². The summed E-state index contributed by atoms with van der Waals surface area (Å²) in [5, 5.41) is 0. The normalized spacial score (nSPS) is 21.1. The van der Waals surface area contributed by atoms with Gasteiger partial charge in [0, 0.05) is 12.6 Å². The van der Waals surface area contributed by atoms with Gasteiger partial charge in [0.05, 0.1) is 13.2 Å². The molecule has 1 aliphatic rings. The maximum absolute atomic E-state index is 13.9. The predicted molar refractivity (Wildman–Crippen MR) is 69.6 cm³/mol. The lowest BCUT2D eigenvalue weighted by Gasteiger charge is -2.34. The van der Waals surface area contributed by atoms with Crippen LogP contribution in [-0.4, -0.2) is 38.5 Å². The van der Waals surface area contributed by atoms with Crippen molar-refractivity contribution in [3.63, 3.8) is 0 Å². The Hall–Kier alpha value is -1.25. The van der Waals surface area contributed by atoms with Crippen molar-refractivity contribution in [1.82, 2.24) is 4.31 Å². The first-order chi connectivity index (χ1) is 9.39. The van der Waals surface area contributed by atoms with Gasteiger partial charge in [0.2, 0.25) is 10.0 Å². The first-order valence-electron chi connectivity index (χ1n) is 6.22. The topological polar surface area (TPSA) is 72.6 Å². The Morgan fingerprint density at radius 3 is 2.80 bits per heavy atom. The van der Waals surface area contributed by atoms with E-state index in [0.29, 0.717) is 6.42 Å². The molecular formula is C12H16F2N2O3S. The van der Waals surface area contributed by atoms with Crippen molar-refractivity contribution in [1.29, 1.82) is 0 Å². The molecule has 112 valence electrons. The number of anilines is 1. The van der Waals surface area contributed by atoms with E-state index in [0.717, 1.165) is 12.1 Å². The van der Waals surface area contributed by atoms with Gasteiger partial charge in [-0.15, -0.1) is 0 Å². The zero-order valence-corrected chi connectivity index (χ0v) is 11.8. The molecule has 0 radical (unpaired) electrons. The summed E-state index contributed by atoms with van der Waals surface area (Å²) in [6.45, 7) is 2.46. The fraction of sp³-hybridized carbons (Fsp3) is 0.500. The Morgan fingerprint density at radius 2 is 2.15 bits per heavy atom. The Morgan fingerprint density at radius 1 is 1.45 bits per heavy atom. The van der Waals surface area contributed by atoms with Crippen LogP contribution in [0.2, 0.25) is 0 Å². The van der Waals surface area contributed by atoms with Gasteiger partial charge in [-0.1, -0.05) is 6.92 Å². The van der Waals surface area contributed by atoms with Crippen LogP contribution in [0.15, 0.2) is 17.0 Å². The van der Waals surface area contributed by atoms with E-state index in [-0.39, 0.29) is 25.8 Å². The maximum atomic E-state index is 13.9. The SMILES string of the molecule is CCC1COCCN1S(=O)(=O)c1ccc(F)c(N)c1F. The number of halogens is 2. The van der Waals surface area contributed by atoms with Gasteiger partial charge in [-0.3, -0.25) is 0 Å². The van der Waals surface area contributed by atoms with Crippen molar-refractivity contribution in [2.75, 3.05) is 25.5 Å². The summed E-state index contributed by atoms with van der Waals surface area (Å²) < 4.78 is 58.5. The van der Waals surface area contributed by atoms with E-state index in [1.165, 1.54) is 4.31 Å². The highest BCUT2D eigenvalue weighted by Crippen LogP contribution is 2.28. The highest BCUT2D eigenvalue weighted by atomic mass is 32.2. The number of hydrogen-bond acceptors (Lipinski definition) is 4. The predicted octanol–water partition coefficient (Wildman–Crippen LogP) is 1.35.